The largest absolute Gasteiger partial charge is 0.479 e. The summed E-state index contributed by atoms with van der Waals surface area (Å²) in [4.78, 5) is 9.03. The van der Waals surface area contributed by atoms with Crippen LogP contribution in [0.4, 0.5) is 11.4 Å². The minimum Gasteiger partial charge on any atom is -0.479 e. The molecule has 1 saturated carbocycles. The van der Waals surface area contributed by atoms with E-state index in [2.05, 4.69) is 20.0 Å². The van der Waals surface area contributed by atoms with Crippen molar-refractivity contribution in [2.24, 2.45) is 5.41 Å². The molecule has 1 atom stereocenters. The molecular weight excluding hydrogens is 426 g/mol. The molecule has 32 heavy (non-hydrogen) atoms. The molecule has 2 aromatic heterocycles. The normalized spacial score (nSPS) is 24.2. The van der Waals surface area contributed by atoms with Crippen molar-refractivity contribution >= 4 is 32.2 Å². The SMILES string of the molecule is COc1nccc2c(Nc3ccc(S(=N)(=O)NCC45CCC(CC4)OC5)cc3)ccnc12. The molecule has 0 radical (unpaired) electrons. The van der Waals surface area contributed by atoms with Crippen LogP contribution in [0.1, 0.15) is 25.7 Å². The van der Waals surface area contributed by atoms with Crippen LogP contribution in [-0.4, -0.2) is 40.5 Å². The van der Waals surface area contributed by atoms with Gasteiger partial charge in [-0.15, -0.1) is 0 Å². The molecule has 3 aromatic rings. The topological polar surface area (TPSA) is 109 Å². The van der Waals surface area contributed by atoms with Crippen molar-refractivity contribution in [2.45, 2.75) is 36.7 Å². The Hall–Kier alpha value is -2.75. The monoisotopic (exact) mass is 453 g/mol. The highest BCUT2D eigenvalue weighted by molar-refractivity contribution is 7.90. The number of hydrogen-bond donors (Lipinski definition) is 3. The number of nitrogens with one attached hydrogen (secondary N) is 3. The van der Waals surface area contributed by atoms with Crippen molar-refractivity contribution in [1.29, 1.82) is 4.78 Å². The third-order valence-electron chi connectivity index (χ3n) is 6.55. The Kier molecular flexibility index (Phi) is 5.48. The van der Waals surface area contributed by atoms with E-state index in [9.17, 15) is 4.21 Å². The summed E-state index contributed by atoms with van der Waals surface area (Å²) >= 11 is 0. The number of hydrogen-bond acceptors (Lipinski definition) is 7. The van der Waals surface area contributed by atoms with Gasteiger partial charge in [-0.05, 0) is 62.1 Å². The van der Waals surface area contributed by atoms with E-state index >= 15 is 0 Å². The molecule has 8 nitrogen and oxygen atoms in total. The van der Waals surface area contributed by atoms with E-state index in [1.165, 1.54) is 0 Å². The number of ether oxygens (including phenoxy) is 2. The molecule has 3 N–H and O–H groups in total. The van der Waals surface area contributed by atoms with E-state index in [0.717, 1.165) is 42.4 Å². The van der Waals surface area contributed by atoms with Crippen LogP contribution >= 0.6 is 0 Å². The van der Waals surface area contributed by atoms with Crippen LogP contribution < -0.4 is 14.8 Å². The standard InChI is InChI=1S/C23H27N5O3S/c1-30-22-21-19(8-12-26-22)20(9-13-25-21)28-16-2-4-18(5-3-16)32(24,29)27-14-23-10-6-17(7-11-23)31-15-23/h2-5,8-9,12-13,17H,6-7,10-11,14-15H2,1H3,(H,25,28)(H2,24,27,29). The van der Waals surface area contributed by atoms with Crippen molar-refractivity contribution in [3.63, 3.8) is 0 Å². The molecule has 6 rings (SSSR count). The van der Waals surface area contributed by atoms with Crippen LogP contribution in [0.5, 0.6) is 5.88 Å². The summed E-state index contributed by atoms with van der Waals surface area (Å²) in [5.41, 5.74) is 2.37. The Morgan fingerprint density at radius 2 is 1.91 bits per heavy atom. The Morgan fingerprint density at radius 1 is 1.16 bits per heavy atom. The Labute approximate surface area is 187 Å². The van der Waals surface area contributed by atoms with E-state index in [0.29, 0.717) is 35.5 Å². The number of aromatic nitrogens is 2. The fourth-order valence-electron chi connectivity index (χ4n) is 4.57. The van der Waals surface area contributed by atoms with Crippen LogP contribution in [0, 0.1) is 10.2 Å². The van der Waals surface area contributed by atoms with Crippen molar-refractivity contribution in [2.75, 3.05) is 25.6 Å². The second kappa shape index (κ2) is 8.31. The highest BCUT2D eigenvalue weighted by atomic mass is 32.2. The highest BCUT2D eigenvalue weighted by Crippen LogP contribution is 2.42. The number of pyridine rings is 2. The zero-order chi connectivity index (χ0) is 22.2. The molecule has 2 aliphatic heterocycles. The lowest BCUT2D eigenvalue weighted by Crippen LogP contribution is -2.48. The second-order valence-electron chi connectivity index (χ2n) is 8.61. The molecule has 3 aliphatic rings. The maximum atomic E-state index is 13.1. The smallest absolute Gasteiger partial charge is 0.240 e. The predicted molar refractivity (Wildman–Crippen MR) is 124 cm³/mol. The summed E-state index contributed by atoms with van der Waals surface area (Å²) in [6.07, 6.45) is 8.05. The third-order valence-corrected chi connectivity index (χ3v) is 8.04. The molecular formula is C23H27N5O3S. The summed E-state index contributed by atoms with van der Waals surface area (Å²) < 4.78 is 35.7. The fourth-order valence-corrected chi connectivity index (χ4v) is 5.77. The first-order valence-electron chi connectivity index (χ1n) is 10.8. The van der Waals surface area contributed by atoms with Crippen LogP contribution in [-0.2, 0) is 14.7 Å². The molecule has 1 aliphatic carbocycles. The molecule has 9 heteroatoms. The lowest BCUT2D eigenvalue weighted by Gasteiger charge is -2.46. The molecule has 2 saturated heterocycles. The molecule has 2 bridgehead atoms. The second-order valence-corrected chi connectivity index (χ2v) is 10.5. The zero-order valence-electron chi connectivity index (χ0n) is 18.0. The summed E-state index contributed by atoms with van der Waals surface area (Å²) in [7, 11) is -1.52. The van der Waals surface area contributed by atoms with Crippen LogP contribution in [0.2, 0.25) is 0 Å². The molecule has 4 heterocycles. The number of rotatable bonds is 7. The third kappa shape index (κ3) is 4.03. The summed E-state index contributed by atoms with van der Waals surface area (Å²) in [5.74, 6) is 0.470. The van der Waals surface area contributed by atoms with Crippen LogP contribution in [0.3, 0.4) is 0 Å². The fraction of sp³-hybridized carbons (Fsp3) is 0.391. The highest BCUT2D eigenvalue weighted by Gasteiger charge is 2.41. The van der Waals surface area contributed by atoms with Crippen molar-refractivity contribution in [3.8, 4) is 5.88 Å². The van der Waals surface area contributed by atoms with E-state index in [1.807, 2.05) is 24.3 Å². The van der Waals surface area contributed by atoms with Crippen molar-refractivity contribution in [1.82, 2.24) is 14.7 Å². The van der Waals surface area contributed by atoms with Gasteiger partial charge < -0.3 is 14.8 Å². The van der Waals surface area contributed by atoms with E-state index in [4.69, 9.17) is 14.3 Å². The molecule has 1 aromatic carbocycles. The quantitative estimate of drug-likeness (QED) is 0.493. The maximum absolute atomic E-state index is 13.1. The Bertz CT molecular complexity index is 1210. The van der Waals surface area contributed by atoms with Gasteiger partial charge in [-0.25, -0.2) is 18.7 Å². The predicted octanol–water partition coefficient (Wildman–Crippen LogP) is 4.25. The summed E-state index contributed by atoms with van der Waals surface area (Å²) in [5, 5.41) is 4.25. The average Bonchev–Trinajstić information content (AvgIpc) is 2.84. The van der Waals surface area contributed by atoms with E-state index in [-0.39, 0.29) is 5.41 Å². The van der Waals surface area contributed by atoms with Gasteiger partial charge in [-0.1, -0.05) is 0 Å². The molecule has 0 spiro atoms. The lowest BCUT2D eigenvalue weighted by atomic mass is 9.71. The van der Waals surface area contributed by atoms with Gasteiger partial charge in [0, 0.05) is 41.1 Å². The number of methoxy groups -OCH3 is 1. The number of nitrogens with zero attached hydrogens (tertiary/aromatic N) is 2. The summed E-state index contributed by atoms with van der Waals surface area (Å²) in [6, 6.07) is 10.9. The summed E-state index contributed by atoms with van der Waals surface area (Å²) in [6.45, 7) is 1.24. The van der Waals surface area contributed by atoms with Gasteiger partial charge in [-0.3, -0.25) is 4.98 Å². The number of benzene rings is 1. The maximum Gasteiger partial charge on any atom is 0.240 e. The molecule has 3 fully saturated rings. The van der Waals surface area contributed by atoms with Crippen molar-refractivity contribution < 1.29 is 13.7 Å². The average molecular weight is 454 g/mol. The Balaban J connectivity index is 1.30. The van der Waals surface area contributed by atoms with Gasteiger partial charge in [0.2, 0.25) is 5.88 Å². The van der Waals surface area contributed by atoms with Crippen LogP contribution in [0.15, 0.2) is 53.7 Å². The van der Waals surface area contributed by atoms with Gasteiger partial charge >= 0.3 is 0 Å². The van der Waals surface area contributed by atoms with Crippen LogP contribution in [0.25, 0.3) is 10.9 Å². The minimum atomic E-state index is -3.09. The minimum absolute atomic E-state index is 0.0122. The molecule has 168 valence electrons. The first kappa shape index (κ1) is 21.1. The van der Waals surface area contributed by atoms with Gasteiger partial charge in [0.25, 0.3) is 0 Å². The van der Waals surface area contributed by atoms with E-state index < -0.39 is 9.92 Å². The van der Waals surface area contributed by atoms with Gasteiger partial charge in [-0.2, -0.15) is 0 Å². The number of fused-ring (bicyclic) bond motifs is 4. The Morgan fingerprint density at radius 3 is 2.59 bits per heavy atom. The van der Waals surface area contributed by atoms with Crippen molar-refractivity contribution in [3.05, 3.63) is 48.8 Å². The van der Waals surface area contributed by atoms with Gasteiger partial charge in [0.15, 0.2) is 0 Å². The van der Waals surface area contributed by atoms with Gasteiger partial charge in [0.1, 0.15) is 15.4 Å². The lowest BCUT2D eigenvalue weighted by molar-refractivity contribution is -0.111. The van der Waals surface area contributed by atoms with Gasteiger partial charge in [0.05, 0.1) is 24.7 Å². The van der Waals surface area contributed by atoms with E-state index in [1.54, 1.807) is 31.6 Å². The molecule has 1 unspecified atom stereocenters. The zero-order valence-corrected chi connectivity index (χ0v) is 18.8. The number of anilines is 2. The first-order chi connectivity index (χ1) is 15.5. The molecule has 0 amide bonds. The first-order valence-corrected chi connectivity index (χ1v) is 12.3.